The highest BCUT2D eigenvalue weighted by Crippen LogP contribution is 2.42. The molecule has 63 heavy (non-hydrogen) atoms. The lowest BCUT2D eigenvalue weighted by atomic mass is 10.0. The van der Waals surface area contributed by atoms with Crippen LogP contribution in [-0.2, 0) is 0 Å². The van der Waals surface area contributed by atoms with E-state index in [1.54, 1.807) is 0 Å². The molecule has 0 bridgehead atoms. The minimum atomic E-state index is 0.505. The fourth-order valence-corrected chi connectivity index (χ4v) is 9.02. The van der Waals surface area contributed by atoms with Gasteiger partial charge in [0.25, 0.3) is 0 Å². The molecule has 5 heterocycles. The molecule has 13 rings (SSSR count). The molecule has 0 N–H and O–H groups in total. The molecular weight excluding hydrogens is 777 g/mol. The van der Waals surface area contributed by atoms with Crippen molar-refractivity contribution >= 4 is 65.8 Å². The van der Waals surface area contributed by atoms with Gasteiger partial charge in [-0.15, -0.1) is 0 Å². The third-order valence-electron chi connectivity index (χ3n) is 11.9. The first kappa shape index (κ1) is 35.0. The molecule has 5 aromatic heterocycles. The van der Waals surface area contributed by atoms with Gasteiger partial charge >= 0.3 is 0 Å². The summed E-state index contributed by atoms with van der Waals surface area (Å²) in [6.45, 7) is 0. The molecule has 8 nitrogen and oxygen atoms in total. The minimum absolute atomic E-state index is 0.505. The van der Waals surface area contributed by atoms with E-state index < -0.39 is 0 Å². The van der Waals surface area contributed by atoms with Crippen molar-refractivity contribution in [3.05, 3.63) is 194 Å². The highest BCUT2D eigenvalue weighted by atomic mass is 16.3. The van der Waals surface area contributed by atoms with Crippen LogP contribution in [0.4, 0.5) is 0 Å². The molecule has 8 aromatic carbocycles. The number of nitrogens with zero attached hydrogens (tertiary/aromatic N) is 6. The lowest BCUT2D eigenvalue weighted by Crippen LogP contribution is -2.00. The zero-order chi connectivity index (χ0) is 41.4. The Kier molecular flexibility index (Phi) is 7.74. The van der Waals surface area contributed by atoms with Crippen LogP contribution in [0, 0.1) is 0 Å². The number of hydrogen-bond acceptors (Lipinski definition) is 7. The first-order valence-electron chi connectivity index (χ1n) is 20.8. The summed E-state index contributed by atoms with van der Waals surface area (Å²) in [5.74, 6) is 2.21. The third kappa shape index (κ3) is 5.58. The number of fused-ring (bicyclic) bond motifs is 9. The first-order valence-corrected chi connectivity index (χ1v) is 20.8. The monoisotopic (exact) mass is 808 g/mol. The van der Waals surface area contributed by atoms with Gasteiger partial charge in [-0.05, 0) is 60.7 Å². The van der Waals surface area contributed by atoms with Crippen molar-refractivity contribution in [2.75, 3.05) is 0 Å². The molecule has 0 radical (unpaired) electrons. The Hall–Kier alpha value is -8.75. The Labute approximate surface area is 359 Å². The van der Waals surface area contributed by atoms with E-state index >= 15 is 0 Å². The van der Waals surface area contributed by atoms with Crippen LogP contribution in [0.15, 0.2) is 203 Å². The number of para-hydroxylation sites is 4. The Balaban J connectivity index is 1.01. The highest BCUT2D eigenvalue weighted by Gasteiger charge is 2.23. The zero-order valence-corrected chi connectivity index (χ0v) is 33.5. The summed E-state index contributed by atoms with van der Waals surface area (Å²) in [6, 6.07) is 65.8. The average Bonchev–Trinajstić information content (AvgIpc) is 4.04. The minimum Gasteiger partial charge on any atom is -0.455 e. The molecule has 0 aliphatic heterocycles. The smallest absolute Gasteiger partial charge is 0.180 e. The van der Waals surface area contributed by atoms with Gasteiger partial charge in [0.15, 0.2) is 28.9 Å². The first-order chi connectivity index (χ1) is 31.2. The second-order valence-electron chi connectivity index (χ2n) is 15.6. The summed E-state index contributed by atoms with van der Waals surface area (Å²) in [5, 5.41) is 5.00. The Morgan fingerprint density at radius 3 is 1.76 bits per heavy atom. The van der Waals surface area contributed by atoms with E-state index in [1.165, 1.54) is 0 Å². The number of furan rings is 2. The molecule has 8 heteroatoms. The molecule has 0 spiro atoms. The molecule has 0 saturated heterocycles. The quantitative estimate of drug-likeness (QED) is 0.165. The predicted octanol–water partition coefficient (Wildman–Crippen LogP) is 13.9. The van der Waals surface area contributed by atoms with Crippen LogP contribution in [0.2, 0.25) is 0 Å². The molecule has 0 aliphatic carbocycles. The molecule has 13 aromatic rings. The van der Waals surface area contributed by atoms with Crippen molar-refractivity contribution in [1.29, 1.82) is 0 Å². The summed E-state index contributed by atoms with van der Waals surface area (Å²) in [6.07, 6.45) is 0. The van der Waals surface area contributed by atoms with Crippen molar-refractivity contribution in [2.24, 2.45) is 0 Å². The molecule has 0 aliphatic rings. The van der Waals surface area contributed by atoms with Gasteiger partial charge in [0.05, 0.1) is 16.6 Å². The fraction of sp³-hybridized carbons (Fsp3) is 0. The van der Waals surface area contributed by atoms with Gasteiger partial charge in [0.2, 0.25) is 0 Å². The highest BCUT2D eigenvalue weighted by molar-refractivity contribution is 6.16. The van der Waals surface area contributed by atoms with Crippen LogP contribution in [0.3, 0.4) is 0 Å². The van der Waals surface area contributed by atoms with Crippen LogP contribution in [-0.4, -0.2) is 29.5 Å². The maximum Gasteiger partial charge on any atom is 0.180 e. The van der Waals surface area contributed by atoms with Crippen molar-refractivity contribution in [1.82, 2.24) is 29.5 Å². The standard InChI is InChI=1S/C55H32N6O2/c1-4-16-33(17-5-1)48-51-49(38-23-11-13-28-45(38)62-51)57-54(56-48)40-25-15-29-46-47(40)39-24-14-26-41(50(39)63-46)55-59-52(34-18-6-2-7-19-34)58-53(60-55)35-30-31-44-42(32-35)37-22-10-12-27-43(37)61(44)36-20-8-3-9-21-36/h1-32H. The Morgan fingerprint density at radius 1 is 0.349 bits per heavy atom. The summed E-state index contributed by atoms with van der Waals surface area (Å²) < 4.78 is 15.5. The van der Waals surface area contributed by atoms with Crippen molar-refractivity contribution < 1.29 is 8.83 Å². The van der Waals surface area contributed by atoms with Crippen LogP contribution in [0.5, 0.6) is 0 Å². The van der Waals surface area contributed by atoms with Gasteiger partial charge in [0.1, 0.15) is 28.0 Å². The lowest BCUT2D eigenvalue weighted by molar-refractivity contribution is 0.667. The van der Waals surface area contributed by atoms with Gasteiger partial charge < -0.3 is 13.4 Å². The van der Waals surface area contributed by atoms with Gasteiger partial charge in [-0.25, -0.2) is 24.9 Å². The normalized spacial score (nSPS) is 11.8. The van der Waals surface area contributed by atoms with Crippen molar-refractivity contribution in [2.45, 2.75) is 0 Å². The van der Waals surface area contributed by atoms with Crippen LogP contribution < -0.4 is 0 Å². The van der Waals surface area contributed by atoms with Crippen molar-refractivity contribution in [3.8, 4) is 62.5 Å². The van der Waals surface area contributed by atoms with E-state index in [2.05, 4.69) is 83.4 Å². The Bertz CT molecular complexity index is 3910. The molecule has 0 amide bonds. The second-order valence-corrected chi connectivity index (χ2v) is 15.6. The van der Waals surface area contributed by atoms with Gasteiger partial charge in [-0.2, -0.15) is 0 Å². The topological polar surface area (TPSA) is 95.7 Å². The average molecular weight is 809 g/mol. The molecule has 0 fully saturated rings. The zero-order valence-electron chi connectivity index (χ0n) is 33.5. The van der Waals surface area contributed by atoms with Crippen molar-refractivity contribution in [3.63, 3.8) is 0 Å². The van der Waals surface area contributed by atoms with E-state index in [-0.39, 0.29) is 0 Å². The van der Waals surface area contributed by atoms with Gasteiger partial charge in [-0.1, -0.05) is 133 Å². The summed E-state index contributed by atoms with van der Waals surface area (Å²) in [7, 11) is 0. The predicted molar refractivity (Wildman–Crippen MR) is 251 cm³/mol. The van der Waals surface area contributed by atoms with Crippen LogP contribution >= 0.6 is 0 Å². The molecule has 294 valence electrons. The number of rotatable bonds is 6. The molecule has 0 unspecified atom stereocenters. The summed E-state index contributed by atoms with van der Waals surface area (Å²) in [5.41, 5.74) is 11.9. The summed E-state index contributed by atoms with van der Waals surface area (Å²) in [4.78, 5) is 25.9. The maximum absolute atomic E-state index is 6.82. The number of benzene rings is 8. The van der Waals surface area contributed by atoms with Crippen LogP contribution in [0.1, 0.15) is 0 Å². The SMILES string of the molecule is c1ccc(-c2nc(-c3ccc4c(c3)c3ccccc3n4-c3ccccc3)nc(-c3cccc4c3oc3cccc(-c5nc(-c6ccccc6)c6oc7ccccc7c6n5)c34)n2)cc1. The second kappa shape index (κ2) is 13.9. The van der Waals surface area contributed by atoms with E-state index in [1.807, 2.05) is 115 Å². The summed E-state index contributed by atoms with van der Waals surface area (Å²) >= 11 is 0. The van der Waals surface area contributed by atoms with E-state index in [0.717, 1.165) is 88.3 Å². The Morgan fingerprint density at radius 2 is 0.937 bits per heavy atom. The largest absolute Gasteiger partial charge is 0.455 e. The molecule has 0 atom stereocenters. The van der Waals surface area contributed by atoms with E-state index in [4.69, 9.17) is 33.8 Å². The lowest BCUT2D eigenvalue weighted by Gasteiger charge is -2.10. The van der Waals surface area contributed by atoms with Gasteiger partial charge in [-0.3, -0.25) is 0 Å². The number of hydrogen-bond donors (Lipinski definition) is 0. The maximum atomic E-state index is 6.82. The molecule has 0 saturated carbocycles. The third-order valence-corrected chi connectivity index (χ3v) is 11.9. The van der Waals surface area contributed by atoms with Crippen LogP contribution in [0.25, 0.3) is 128 Å². The van der Waals surface area contributed by atoms with E-state index in [0.29, 0.717) is 40.0 Å². The molecular formula is C55H32N6O2. The van der Waals surface area contributed by atoms with E-state index in [9.17, 15) is 0 Å². The fourth-order valence-electron chi connectivity index (χ4n) is 9.02. The number of aromatic nitrogens is 6. The van der Waals surface area contributed by atoms with Gasteiger partial charge in [0, 0.05) is 54.9 Å².